The Morgan fingerprint density at radius 2 is 1.88 bits per heavy atom. The first-order valence-electron chi connectivity index (χ1n) is 7.32. The molecule has 0 aliphatic heterocycles. The molecule has 0 unspecified atom stereocenters. The van der Waals surface area contributed by atoms with Crippen molar-refractivity contribution in [3.63, 3.8) is 0 Å². The third-order valence-electron chi connectivity index (χ3n) is 3.65. The molecule has 5 nitrogen and oxygen atoms in total. The van der Waals surface area contributed by atoms with Gasteiger partial charge in [-0.2, -0.15) is 0 Å². The Bertz CT molecular complexity index is 1060. The van der Waals surface area contributed by atoms with Crippen LogP contribution in [0.25, 0.3) is 28.3 Å². The van der Waals surface area contributed by atoms with Gasteiger partial charge in [0.25, 0.3) is 0 Å². The molecule has 0 radical (unpaired) electrons. The van der Waals surface area contributed by atoms with E-state index in [9.17, 15) is 4.39 Å². The number of fused-ring (bicyclic) bond motifs is 1. The quantitative estimate of drug-likeness (QED) is 0.395. The number of rotatable bonds is 3. The zero-order chi connectivity index (χ0) is 17.4. The average molecular weight is 372 g/mol. The van der Waals surface area contributed by atoms with Gasteiger partial charge in [0.1, 0.15) is 11.0 Å². The maximum absolute atomic E-state index is 13.3. The highest BCUT2D eigenvalue weighted by Crippen LogP contribution is 2.32. The highest BCUT2D eigenvalue weighted by atomic mass is 35.5. The minimum absolute atomic E-state index is 0.300. The SMILES string of the molecule is CSc1nccc(-c2c(-c3ccc(F)cc3)nc3cnc(Cl)cn23)n1. The normalized spacial score (nSPS) is 11.2. The summed E-state index contributed by atoms with van der Waals surface area (Å²) >= 11 is 7.52. The summed E-state index contributed by atoms with van der Waals surface area (Å²) in [4.78, 5) is 17.5. The molecule has 124 valence electrons. The molecule has 0 saturated heterocycles. The largest absolute Gasteiger partial charge is 0.293 e. The molecule has 0 saturated carbocycles. The van der Waals surface area contributed by atoms with Gasteiger partial charge in [-0.05, 0) is 36.6 Å². The summed E-state index contributed by atoms with van der Waals surface area (Å²) in [6.45, 7) is 0. The van der Waals surface area contributed by atoms with E-state index in [2.05, 4.69) is 19.9 Å². The fraction of sp³-hybridized carbons (Fsp3) is 0.0588. The first kappa shape index (κ1) is 16.0. The number of halogens is 2. The second kappa shape index (κ2) is 6.42. The Kier molecular flexibility index (Phi) is 4.10. The lowest BCUT2D eigenvalue weighted by Crippen LogP contribution is -1.95. The van der Waals surface area contributed by atoms with Crippen LogP contribution in [-0.4, -0.2) is 30.6 Å². The van der Waals surface area contributed by atoms with E-state index in [0.29, 0.717) is 27.3 Å². The molecule has 4 aromatic rings. The summed E-state index contributed by atoms with van der Waals surface area (Å²) in [5.41, 5.74) is 3.54. The molecule has 0 aliphatic rings. The average Bonchev–Trinajstić information content (AvgIpc) is 3.01. The van der Waals surface area contributed by atoms with E-state index in [-0.39, 0.29) is 5.82 Å². The van der Waals surface area contributed by atoms with Crippen LogP contribution in [0.2, 0.25) is 5.15 Å². The minimum atomic E-state index is -0.300. The summed E-state index contributed by atoms with van der Waals surface area (Å²) in [6, 6.07) is 7.99. The van der Waals surface area contributed by atoms with E-state index < -0.39 is 0 Å². The Hall–Kier alpha value is -2.51. The molecule has 3 heterocycles. The molecule has 0 N–H and O–H groups in total. The van der Waals surface area contributed by atoms with Crippen molar-refractivity contribution in [2.45, 2.75) is 5.16 Å². The lowest BCUT2D eigenvalue weighted by molar-refractivity contribution is 0.628. The lowest BCUT2D eigenvalue weighted by Gasteiger charge is -2.06. The zero-order valence-electron chi connectivity index (χ0n) is 13.0. The molecule has 1 aromatic carbocycles. The first-order chi connectivity index (χ1) is 12.2. The van der Waals surface area contributed by atoms with E-state index in [1.54, 1.807) is 30.7 Å². The summed E-state index contributed by atoms with van der Waals surface area (Å²) in [7, 11) is 0. The Labute approximate surface area is 151 Å². The van der Waals surface area contributed by atoms with Crippen LogP contribution < -0.4 is 0 Å². The van der Waals surface area contributed by atoms with Gasteiger partial charge < -0.3 is 0 Å². The van der Waals surface area contributed by atoms with Crippen molar-refractivity contribution in [3.8, 4) is 22.6 Å². The van der Waals surface area contributed by atoms with Crippen LogP contribution in [0.4, 0.5) is 4.39 Å². The standard InChI is InChI=1S/C17H11ClFN5S/c1-25-17-20-7-6-12(22-17)16-15(10-2-4-11(19)5-3-10)23-14-8-21-13(18)9-24(14)16/h2-9H,1H3. The van der Waals surface area contributed by atoms with Gasteiger partial charge in [0, 0.05) is 18.0 Å². The Morgan fingerprint density at radius 3 is 2.64 bits per heavy atom. The van der Waals surface area contributed by atoms with Gasteiger partial charge in [-0.25, -0.2) is 24.3 Å². The number of nitrogens with zero attached hydrogens (tertiary/aromatic N) is 5. The van der Waals surface area contributed by atoms with E-state index in [1.165, 1.54) is 23.9 Å². The number of aromatic nitrogens is 5. The van der Waals surface area contributed by atoms with Gasteiger partial charge >= 0.3 is 0 Å². The van der Waals surface area contributed by atoms with E-state index in [0.717, 1.165) is 11.3 Å². The van der Waals surface area contributed by atoms with Crippen LogP contribution in [-0.2, 0) is 0 Å². The van der Waals surface area contributed by atoms with Gasteiger partial charge in [-0.1, -0.05) is 23.4 Å². The fourth-order valence-corrected chi connectivity index (χ4v) is 3.06. The second-order valence-corrected chi connectivity index (χ2v) is 6.34. The van der Waals surface area contributed by atoms with Crippen LogP contribution in [0.5, 0.6) is 0 Å². The van der Waals surface area contributed by atoms with Crippen LogP contribution in [0, 0.1) is 5.82 Å². The molecule has 0 fully saturated rings. The van der Waals surface area contributed by atoms with Crippen LogP contribution in [0.15, 0.2) is 54.1 Å². The third-order valence-corrected chi connectivity index (χ3v) is 4.41. The smallest absolute Gasteiger partial charge is 0.187 e. The molecular weight excluding hydrogens is 361 g/mol. The van der Waals surface area contributed by atoms with Crippen molar-refractivity contribution in [3.05, 3.63) is 59.9 Å². The molecule has 0 aliphatic carbocycles. The molecule has 0 amide bonds. The fourth-order valence-electron chi connectivity index (χ4n) is 2.56. The minimum Gasteiger partial charge on any atom is -0.293 e. The second-order valence-electron chi connectivity index (χ2n) is 5.18. The van der Waals surface area contributed by atoms with Gasteiger partial charge in [-0.3, -0.25) is 4.40 Å². The molecule has 0 bridgehead atoms. The third kappa shape index (κ3) is 2.96. The number of benzene rings is 1. The van der Waals surface area contributed by atoms with Crippen molar-refractivity contribution in [2.24, 2.45) is 0 Å². The van der Waals surface area contributed by atoms with E-state index >= 15 is 0 Å². The van der Waals surface area contributed by atoms with Crippen LogP contribution in [0.3, 0.4) is 0 Å². The molecule has 4 rings (SSSR count). The predicted molar refractivity (Wildman–Crippen MR) is 96.2 cm³/mol. The van der Waals surface area contributed by atoms with Gasteiger partial charge in [0.2, 0.25) is 0 Å². The molecule has 0 spiro atoms. The lowest BCUT2D eigenvalue weighted by atomic mass is 10.1. The highest BCUT2D eigenvalue weighted by Gasteiger charge is 2.18. The molecule has 3 aromatic heterocycles. The Morgan fingerprint density at radius 1 is 1.08 bits per heavy atom. The number of imidazole rings is 1. The molecule has 25 heavy (non-hydrogen) atoms. The molecule has 8 heteroatoms. The first-order valence-corrected chi connectivity index (χ1v) is 8.93. The number of hydrogen-bond donors (Lipinski definition) is 0. The van der Waals surface area contributed by atoms with Crippen molar-refractivity contribution in [1.29, 1.82) is 0 Å². The van der Waals surface area contributed by atoms with Crippen molar-refractivity contribution in [1.82, 2.24) is 24.3 Å². The number of hydrogen-bond acceptors (Lipinski definition) is 5. The zero-order valence-corrected chi connectivity index (χ0v) is 14.6. The van der Waals surface area contributed by atoms with Crippen LogP contribution in [0.1, 0.15) is 0 Å². The maximum atomic E-state index is 13.3. The summed E-state index contributed by atoms with van der Waals surface area (Å²) in [5, 5.41) is 0.994. The van der Waals surface area contributed by atoms with Gasteiger partial charge in [0.15, 0.2) is 10.8 Å². The molecule has 0 atom stereocenters. The summed E-state index contributed by atoms with van der Waals surface area (Å²) in [5.74, 6) is -0.300. The van der Waals surface area contributed by atoms with E-state index in [4.69, 9.17) is 11.6 Å². The summed E-state index contributed by atoms with van der Waals surface area (Å²) in [6.07, 6.45) is 6.89. The Balaban J connectivity index is 2.03. The van der Waals surface area contributed by atoms with Gasteiger partial charge in [0.05, 0.1) is 23.3 Å². The topological polar surface area (TPSA) is 56.0 Å². The van der Waals surface area contributed by atoms with Crippen molar-refractivity contribution < 1.29 is 4.39 Å². The van der Waals surface area contributed by atoms with Crippen molar-refractivity contribution >= 4 is 29.0 Å². The van der Waals surface area contributed by atoms with Crippen molar-refractivity contribution in [2.75, 3.05) is 6.26 Å². The summed E-state index contributed by atoms with van der Waals surface area (Å²) < 4.78 is 15.1. The van der Waals surface area contributed by atoms with Crippen LogP contribution >= 0.6 is 23.4 Å². The number of thioether (sulfide) groups is 1. The molecular formula is C17H11ClFN5S. The predicted octanol–water partition coefficient (Wildman–Crippen LogP) is 4.37. The monoisotopic (exact) mass is 371 g/mol. The highest BCUT2D eigenvalue weighted by molar-refractivity contribution is 7.98. The van der Waals surface area contributed by atoms with E-state index in [1.807, 2.05) is 16.7 Å². The maximum Gasteiger partial charge on any atom is 0.187 e. The van der Waals surface area contributed by atoms with Gasteiger partial charge in [-0.15, -0.1) is 0 Å².